The van der Waals surface area contributed by atoms with Gasteiger partial charge in [-0.3, -0.25) is 4.79 Å². The first-order valence-electron chi connectivity index (χ1n) is 7.02. The van der Waals surface area contributed by atoms with Crippen molar-refractivity contribution in [3.05, 3.63) is 58.7 Å². The summed E-state index contributed by atoms with van der Waals surface area (Å²) in [6.07, 6.45) is 3.05. The first-order valence-corrected chi connectivity index (χ1v) is 7.02. The lowest BCUT2D eigenvalue weighted by Crippen LogP contribution is -2.06. The first-order chi connectivity index (χ1) is 9.24. The van der Waals surface area contributed by atoms with E-state index in [1.807, 2.05) is 6.92 Å². The molecular weight excluding hydrogens is 232 g/mol. The van der Waals surface area contributed by atoms with Crippen LogP contribution in [0.3, 0.4) is 0 Å². The fourth-order valence-electron chi connectivity index (χ4n) is 3.50. The molecule has 0 aliphatic heterocycles. The summed E-state index contributed by atoms with van der Waals surface area (Å²) in [5.41, 5.74) is 7.71. The minimum atomic E-state index is 0.161. The Kier molecular flexibility index (Phi) is 2.20. The maximum atomic E-state index is 12.1. The molecule has 0 N–H and O–H groups in total. The Bertz CT molecular complexity index is 697. The highest BCUT2D eigenvalue weighted by Crippen LogP contribution is 2.38. The highest BCUT2D eigenvalue weighted by atomic mass is 16.1. The number of aryl methyl sites for hydroxylation is 2. The van der Waals surface area contributed by atoms with E-state index in [1.165, 1.54) is 27.8 Å². The van der Waals surface area contributed by atoms with Crippen molar-refractivity contribution in [3.63, 3.8) is 0 Å². The Balaban J connectivity index is 1.95. The van der Waals surface area contributed by atoms with Crippen LogP contribution in [-0.4, -0.2) is 5.78 Å². The molecule has 1 nitrogen and oxygen atoms in total. The van der Waals surface area contributed by atoms with Crippen molar-refractivity contribution in [3.8, 4) is 11.1 Å². The molecule has 2 aliphatic carbocycles. The second kappa shape index (κ2) is 3.80. The summed E-state index contributed by atoms with van der Waals surface area (Å²) < 4.78 is 0. The quantitative estimate of drug-likeness (QED) is 0.692. The predicted molar refractivity (Wildman–Crippen MR) is 76.5 cm³/mol. The topological polar surface area (TPSA) is 17.1 Å². The number of hydrogen-bond donors (Lipinski definition) is 0. The van der Waals surface area contributed by atoms with Gasteiger partial charge in [-0.2, -0.15) is 0 Å². The summed E-state index contributed by atoms with van der Waals surface area (Å²) in [7, 11) is 0. The highest BCUT2D eigenvalue weighted by molar-refractivity contribution is 6.03. The number of carbonyl (C=O) groups excluding carboxylic acids is 1. The van der Waals surface area contributed by atoms with Crippen LogP contribution in [0.5, 0.6) is 0 Å². The van der Waals surface area contributed by atoms with Crippen molar-refractivity contribution < 1.29 is 4.79 Å². The molecule has 1 heteroatoms. The van der Waals surface area contributed by atoms with Crippen molar-refractivity contribution in [2.24, 2.45) is 5.92 Å². The molecule has 0 aromatic heterocycles. The van der Waals surface area contributed by atoms with Crippen LogP contribution in [0.25, 0.3) is 11.1 Å². The van der Waals surface area contributed by atoms with Gasteiger partial charge < -0.3 is 0 Å². The number of benzene rings is 2. The van der Waals surface area contributed by atoms with E-state index in [9.17, 15) is 4.79 Å². The van der Waals surface area contributed by atoms with Gasteiger partial charge in [0.25, 0.3) is 0 Å². The zero-order valence-electron chi connectivity index (χ0n) is 11.1. The Hall–Kier alpha value is -1.89. The summed E-state index contributed by atoms with van der Waals surface area (Å²) >= 11 is 0. The second-order valence-electron chi connectivity index (χ2n) is 5.79. The molecule has 0 heterocycles. The van der Waals surface area contributed by atoms with Crippen LogP contribution >= 0.6 is 0 Å². The van der Waals surface area contributed by atoms with Gasteiger partial charge in [0.15, 0.2) is 5.78 Å². The van der Waals surface area contributed by atoms with Gasteiger partial charge in [0, 0.05) is 11.5 Å². The molecule has 0 bridgehead atoms. The Morgan fingerprint density at radius 2 is 1.63 bits per heavy atom. The molecule has 2 aromatic carbocycles. The summed E-state index contributed by atoms with van der Waals surface area (Å²) in [6, 6.07) is 13.1. The maximum absolute atomic E-state index is 12.1. The average Bonchev–Trinajstić information content (AvgIpc) is 2.72. The molecule has 0 spiro atoms. The molecule has 2 aromatic rings. The standard InChI is InChI=1S/C18H16O/c1-11-8-14-10-16-13(9-17(14)18(11)19)7-6-12-4-2-3-5-15(12)16/h2-5,9-11H,6-8H2,1H3. The third-order valence-electron chi connectivity index (χ3n) is 4.54. The molecule has 0 fully saturated rings. The van der Waals surface area contributed by atoms with Crippen LogP contribution in [0.15, 0.2) is 36.4 Å². The van der Waals surface area contributed by atoms with Gasteiger partial charge in [0.1, 0.15) is 0 Å². The van der Waals surface area contributed by atoms with Gasteiger partial charge in [-0.15, -0.1) is 0 Å². The van der Waals surface area contributed by atoms with E-state index in [-0.39, 0.29) is 5.92 Å². The van der Waals surface area contributed by atoms with E-state index in [4.69, 9.17) is 0 Å². The summed E-state index contributed by atoms with van der Waals surface area (Å²) in [4.78, 5) is 12.1. The highest BCUT2D eigenvalue weighted by Gasteiger charge is 2.29. The smallest absolute Gasteiger partial charge is 0.166 e. The monoisotopic (exact) mass is 248 g/mol. The maximum Gasteiger partial charge on any atom is 0.166 e. The van der Waals surface area contributed by atoms with Crippen LogP contribution < -0.4 is 0 Å². The van der Waals surface area contributed by atoms with E-state index in [0.717, 1.165) is 24.8 Å². The lowest BCUT2D eigenvalue weighted by molar-refractivity contribution is 0.0946. The number of rotatable bonds is 0. The molecule has 0 saturated heterocycles. The van der Waals surface area contributed by atoms with E-state index in [1.54, 1.807) is 0 Å². The summed E-state index contributed by atoms with van der Waals surface area (Å²) in [6.45, 7) is 2.04. The van der Waals surface area contributed by atoms with Crippen LogP contribution in [-0.2, 0) is 19.3 Å². The van der Waals surface area contributed by atoms with Crippen LogP contribution in [0.2, 0.25) is 0 Å². The van der Waals surface area contributed by atoms with Crippen molar-refractivity contribution in [2.45, 2.75) is 26.2 Å². The third-order valence-corrected chi connectivity index (χ3v) is 4.54. The number of fused-ring (bicyclic) bond motifs is 4. The molecule has 2 aliphatic rings. The zero-order chi connectivity index (χ0) is 13.0. The largest absolute Gasteiger partial charge is 0.294 e. The van der Waals surface area contributed by atoms with Crippen LogP contribution in [0.1, 0.15) is 34.0 Å². The van der Waals surface area contributed by atoms with Crippen molar-refractivity contribution >= 4 is 5.78 Å². The minimum Gasteiger partial charge on any atom is -0.294 e. The van der Waals surface area contributed by atoms with E-state index < -0.39 is 0 Å². The van der Waals surface area contributed by atoms with Gasteiger partial charge in [0.2, 0.25) is 0 Å². The molecular formula is C18H16O. The van der Waals surface area contributed by atoms with Crippen molar-refractivity contribution in [2.75, 3.05) is 0 Å². The Morgan fingerprint density at radius 1 is 0.895 bits per heavy atom. The molecule has 19 heavy (non-hydrogen) atoms. The lowest BCUT2D eigenvalue weighted by Gasteiger charge is -2.20. The number of hydrogen-bond acceptors (Lipinski definition) is 1. The normalized spacial score (nSPS) is 19.8. The Morgan fingerprint density at radius 3 is 2.53 bits per heavy atom. The minimum absolute atomic E-state index is 0.161. The van der Waals surface area contributed by atoms with Gasteiger partial charge in [-0.1, -0.05) is 37.3 Å². The van der Waals surface area contributed by atoms with E-state index in [0.29, 0.717) is 5.78 Å². The molecule has 1 atom stereocenters. The summed E-state index contributed by atoms with van der Waals surface area (Å²) in [5, 5.41) is 0. The second-order valence-corrected chi connectivity index (χ2v) is 5.79. The lowest BCUT2D eigenvalue weighted by atomic mass is 9.84. The van der Waals surface area contributed by atoms with Gasteiger partial charge >= 0.3 is 0 Å². The predicted octanol–water partition coefficient (Wildman–Crippen LogP) is 3.83. The molecule has 0 radical (unpaired) electrons. The third kappa shape index (κ3) is 1.51. The fourth-order valence-corrected chi connectivity index (χ4v) is 3.50. The van der Waals surface area contributed by atoms with Crippen LogP contribution in [0.4, 0.5) is 0 Å². The van der Waals surface area contributed by atoms with Gasteiger partial charge in [-0.25, -0.2) is 0 Å². The average molecular weight is 248 g/mol. The van der Waals surface area contributed by atoms with E-state index >= 15 is 0 Å². The van der Waals surface area contributed by atoms with Gasteiger partial charge in [-0.05, 0) is 53.1 Å². The number of ketones is 1. The zero-order valence-corrected chi connectivity index (χ0v) is 11.1. The van der Waals surface area contributed by atoms with Crippen molar-refractivity contribution in [1.82, 2.24) is 0 Å². The SMILES string of the molecule is CC1Cc2cc3c(cc2C1=O)CCc1ccccc1-3. The fraction of sp³-hybridized carbons (Fsp3) is 0.278. The van der Waals surface area contributed by atoms with Crippen LogP contribution in [0, 0.1) is 5.92 Å². The van der Waals surface area contributed by atoms with Gasteiger partial charge in [0.05, 0.1) is 0 Å². The molecule has 1 unspecified atom stereocenters. The van der Waals surface area contributed by atoms with Crippen molar-refractivity contribution in [1.29, 1.82) is 0 Å². The first kappa shape index (κ1) is 11.0. The Labute approximate surface area is 113 Å². The van der Waals surface area contributed by atoms with E-state index in [2.05, 4.69) is 36.4 Å². The number of carbonyl (C=O) groups is 1. The molecule has 94 valence electrons. The number of Topliss-reactive ketones (excluding diaryl/α,β-unsaturated/α-hetero) is 1. The molecule has 0 saturated carbocycles. The molecule has 0 amide bonds. The molecule has 4 rings (SSSR count). The summed E-state index contributed by atoms with van der Waals surface area (Å²) in [5.74, 6) is 0.491.